The topological polar surface area (TPSA) is 59.6 Å². The fourth-order valence-electron chi connectivity index (χ4n) is 1.87. The van der Waals surface area contributed by atoms with Crippen molar-refractivity contribution in [3.63, 3.8) is 0 Å². The van der Waals surface area contributed by atoms with Crippen molar-refractivity contribution in [3.05, 3.63) is 53.6 Å². The minimum atomic E-state index is -0.108. The zero-order chi connectivity index (χ0) is 16.5. The minimum absolute atomic E-state index is 0.108. The van der Waals surface area contributed by atoms with Gasteiger partial charge >= 0.3 is 0 Å². The van der Waals surface area contributed by atoms with Gasteiger partial charge in [-0.2, -0.15) is 0 Å². The summed E-state index contributed by atoms with van der Waals surface area (Å²) in [6, 6.07) is 14.4. The summed E-state index contributed by atoms with van der Waals surface area (Å²) in [5.41, 5.74) is 6.17. The average Bonchev–Trinajstić information content (AvgIpc) is 2.57. The predicted molar refractivity (Wildman–Crippen MR) is 90.9 cm³/mol. The first-order valence-electron chi connectivity index (χ1n) is 7.24. The molecule has 0 radical (unpaired) electrons. The third kappa shape index (κ3) is 6.08. The average molecular weight is 335 g/mol. The largest absolute Gasteiger partial charge is 0.497 e. The molecule has 5 nitrogen and oxygen atoms in total. The molecule has 0 aliphatic rings. The van der Waals surface area contributed by atoms with Gasteiger partial charge in [0.2, 0.25) is 5.91 Å². The third-order valence-electron chi connectivity index (χ3n) is 3.05. The molecule has 0 aliphatic heterocycles. The van der Waals surface area contributed by atoms with Crippen LogP contribution in [0.3, 0.4) is 0 Å². The quantitative estimate of drug-likeness (QED) is 0.571. The summed E-state index contributed by atoms with van der Waals surface area (Å²) >= 11 is 5.86. The van der Waals surface area contributed by atoms with Crippen molar-refractivity contribution in [2.24, 2.45) is 0 Å². The van der Waals surface area contributed by atoms with Crippen molar-refractivity contribution in [3.8, 4) is 11.5 Å². The van der Waals surface area contributed by atoms with Crippen molar-refractivity contribution in [2.45, 2.75) is 12.8 Å². The number of carbonyl (C=O) groups excluding carboxylic acids is 1. The Bertz CT molecular complexity index is 632. The number of amides is 1. The van der Waals surface area contributed by atoms with Crippen LogP contribution in [0.4, 0.5) is 5.69 Å². The number of hydrogen-bond donors (Lipinski definition) is 2. The predicted octanol–water partition coefficient (Wildman–Crippen LogP) is 3.65. The molecule has 0 aromatic heterocycles. The van der Waals surface area contributed by atoms with Gasteiger partial charge in [0.05, 0.1) is 19.4 Å². The first kappa shape index (κ1) is 17.0. The second kappa shape index (κ2) is 8.90. The summed E-state index contributed by atoms with van der Waals surface area (Å²) in [5.74, 6) is 1.43. The molecule has 2 aromatic rings. The van der Waals surface area contributed by atoms with Crippen molar-refractivity contribution in [2.75, 3.05) is 19.1 Å². The number of methoxy groups -OCH3 is 1. The van der Waals surface area contributed by atoms with E-state index in [4.69, 9.17) is 21.1 Å². The van der Waals surface area contributed by atoms with Crippen molar-refractivity contribution >= 4 is 23.2 Å². The molecular formula is C17H19ClN2O3. The number of benzene rings is 2. The van der Waals surface area contributed by atoms with E-state index in [0.717, 1.165) is 17.2 Å². The van der Waals surface area contributed by atoms with Crippen molar-refractivity contribution in [1.82, 2.24) is 5.43 Å². The van der Waals surface area contributed by atoms with E-state index < -0.39 is 0 Å². The van der Waals surface area contributed by atoms with Crippen LogP contribution in [-0.2, 0) is 4.79 Å². The number of halogens is 1. The lowest BCUT2D eigenvalue weighted by Crippen LogP contribution is -2.29. The summed E-state index contributed by atoms with van der Waals surface area (Å²) in [6.45, 7) is 0.469. The highest BCUT2D eigenvalue weighted by molar-refractivity contribution is 6.30. The molecule has 0 unspecified atom stereocenters. The van der Waals surface area contributed by atoms with Gasteiger partial charge in [-0.25, -0.2) is 0 Å². The van der Waals surface area contributed by atoms with Gasteiger partial charge in [0.25, 0.3) is 0 Å². The number of nitrogens with one attached hydrogen (secondary N) is 2. The second-order valence-electron chi connectivity index (χ2n) is 4.81. The zero-order valence-electron chi connectivity index (χ0n) is 12.8. The first-order valence-corrected chi connectivity index (χ1v) is 7.62. The molecule has 23 heavy (non-hydrogen) atoms. The summed E-state index contributed by atoms with van der Waals surface area (Å²) in [4.78, 5) is 11.7. The standard InChI is InChI=1S/C17H19ClN2O3/c1-22-15-7-9-16(10-8-15)23-11-3-6-17(21)20-19-14-5-2-4-13(18)12-14/h2,4-5,7-10,12,19H,3,6,11H2,1H3,(H,20,21). The van der Waals surface area contributed by atoms with Gasteiger partial charge < -0.3 is 9.47 Å². The van der Waals surface area contributed by atoms with Crippen LogP contribution in [0.1, 0.15) is 12.8 Å². The maximum atomic E-state index is 11.7. The number of hydrazine groups is 1. The van der Waals surface area contributed by atoms with E-state index >= 15 is 0 Å². The third-order valence-corrected chi connectivity index (χ3v) is 3.28. The SMILES string of the molecule is COc1ccc(OCCCC(=O)NNc2cccc(Cl)c2)cc1. The fourth-order valence-corrected chi connectivity index (χ4v) is 2.06. The summed E-state index contributed by atoms with van der Waals surface area (Å²) in [7, 11) is 1.62. The van der Waals surface area contributed by atoms with Crippen molar-refractivity contribution in [1.29, 1.82) is 0 Å². The molecule has 0 saturated heterocycles. The van der Waals surface area contributed by atoms with Gasteiger partial charge in [-0.15, -0.1) is 0 Å². The molecule has 6 heteroatoms. The summed E-state index contributed by atoms with van der Waals surface area (Å²) in [5, 5.41) is 0.608. The van der Waals surface area contributed by atoms with E-state index in [2.05, 4.69) is 10.9 Å². The zero-order valence-corrected chi connectivity index (χ0v) is 13.6. The van der Waals surface area contributed by atoms with E-state index in [9.17, 15) is 4.79 Å². The van der Waals surface area contributed by atoms with Crippen molar-refractivity contribution < 1.29 is 14.3 Å². The van der Waals surface area contributed by atoms with E-state index in [1.807, 2.05) is 30.3 Å². The molecule has 1 amide bonds. The molecule has 0 saturated carbocycles. The van der Waals surface area contributed by atoms with Gasteiger partial charge in [-0.1, -0.05) is 17.7 Å². The highest BCUT2D eigenvalue weighted by Gasteiger charge is 2.02. The number of anilines is 1. The molecule has 0 heterocycles. The number of ether oxygens (including phenoxy) is 2. The number of rotatable bonds is 8. The molecule has 122 valence electrons. The Morgan fingerprint density at radius 1 is 1.13 bits per heavy atom. The van der Waals surface area contributed by atoms with Crippen LogP contribution in [-0.4, -0.2) is 19.6 Å². The molecular weight excluding hydrogens is 316 g/mol. The minimum Gasteiger partial charge on any atom is -0.497 e. The smallest absolute Gasteiger partial charge is 0.238 e. The number of hydrogen-bond acceptors (Lipinski definition) is 4. The monoisotopic (exact) mass is 334 g/mol. The lowest BCUT2D eigenvalue weighted by atomic mass is 10.3. The molecule has 0 spiro atoms. The molecule has 2 N–H and O–H groups in total. The normalized spacial score (nSPS) is 10.0. The van der Waals surface area contributed by atoms with Crippen LogP contribution in [0.15, 0.2) is 48.5 Å². The highest BCUT2D eigenvalue weighted by atomic mass is 35.5. The second-order valence-corrected chi connectivity index (χ2v) is 5.25. The Balaban J connectivity index is 1.62. The van der Waals surface area contributed by atoms with E-state index in [-0.39, 0.29) is 5.91 Å². The van der Waals surface area contributed by atoms with E-state index in [0.29, 0.717) is 24.5 Å². The van der Waals surface area contributed by atoms with Crippen LogP contribution >= 0.6 is 11.6 Å². The Hall–Kier alpha value is -2.40. The first-order chi connectivity index (χ1) is 11.2. The van der Waals surface area contributed by atoms with Gasteiger partial charge in [-0.3, -0.25) is 15.6 Å². The summed E-state index contributed by atoms with van der Waals surface area (Å²) in [6.07, 6.45) is 0.985. The van der Waals surface area contributed by atoms with E-state index in [1.54, 1.807) is 25.3 Å². The van der Waals surface area contributed by atoms with Crippen LogP contribution in [0.2, 0.25) is 5.02 Å². The Morgan fingerprint density at radius 3 is 2.57 bits per heavy atom. The molecule has 2 rings (SSSR count). The van der Waals surface area contributed by atoms with Gasteiger partial charge in [0.1, 0.15) is 11.5 Å². The Kier molecular flexibility index (Phi) is 6.56. The van der Waals surface area contributed by atoms with Crippen LogP contribution in [0.5, 0.6) is 11.5 Å². The maximum Gasteiger partial charge on any atom is 0.238 e. The van der Waals surface area contributed by atoms with Crippen LogP contribution in [0.25, 0.3) is 0 Å². The Labute approximate surface area is 140 Å². The van der Waals surface area contributed by atoms with Gasteiger partial charge in [0, 0.05) is 11.4 Å². The molecule has 0 fully saturated rings. The van der Waals surface area contributed by atoms with Crippen LogP contribution in [0, 0.1) is 0 Å². The maximum absolute atomic E-state index is 11.7. The van der Waals surface area contributed by atoms with Crippen LogP contribution < -0.4 is 20.3 Å². The Morgan fingerprint density at radius 2 is 1.87 bits per heavy atom. The molecule has 2 aromatic carbocycles. The number of carbonyl (C=O) groups is 1. The van der Waals surface area contributed by atoms with Gasteiger partial charge in [-0.05, 0) is 48.9 Å². The molecule has 0 atom stereocenters. The lowest BCUT2D eigenvalue weighted by molar-refractivity contribution is -0.120. The van der Waals surface area contributed by atoms with Gasteiger partial charge in [0.15, 0.2) is 0 Å². The molecule has 0 bridgehead atoms. The van der Waals surface area contributed by atoms with E-state index in [1.165, 1.54) is 0 Å². The summed E-state index contributed by atoms with van der Waals surface area (Å²) < 4.78 is 10.6. The lowest BCUT2D eigenvalue weighted by Gasteiger charge is -2.09. The highest BCUT2D eigenvalue weighted by Crippen LogP contribution is 2.17. The fraction of sp³-hybridized carbons (Fsp3) is 0.235. The molecule has 0 aliphatic carbocycles.